The third-order valence-electron chi connectivity index (χ3n) is 10.6. The molecule has 2 aromatic carbocycles. The maximum Gasteiger partial charge on any atom is 0.294 e. The Labute approximate surface area is 343 Å². The average Bonchev–Trinajstić information content (AvgIpc) is 3.46. The zero-order valence-electron chi connectivity index (χ0n) is 32.0. The molecule has 2 aromatic rings. The fourth-order valence-corrected chi connectivity index (χ4v) is 10.1. The first kappa shape index (κ1) is 45.2. The lowest BCUT2D eigenvalue weighted by Gasteiger charge is -2.27. The predicted octanol–water partition coefficient (Wildman–Crippen LogP) is 7.57. The molecule has 5 rings (SSSR count). The Morgan fingerprint density at radius 1 is 0.895 bits per heavy atom. The highest BCUT2D eigenvalue weighted by molar-refractivity contribution is 7.94. The maximum absolute atomic E-state index is 12.1. The zero-order valence-corrected chi connectivity index (χ0v) is 36.0. The molecule has 0 saturated heterocycles. The smallest absolute Gasteiger partial charge is 0.294 e. The van der Waals surface area contributed by atoms with Crippen molar-refractivity contribution in [1.29, 1.82) is 0 Å². The number of fused-ring (bicyclic) bond motifs is 2. The summed E-state index contributed by atoms with van der Waals surface area (Å²) in [5.74, 6) is -0.843. The van der Waals surface area contributed by atoms with Gasteiger partial charge in [-0.05, 0) is 105 Å². The first-order valence-corrected chi connectivity index (χ1v) is 24.0. The molecule has 2 aliphatic heterocycles. The van der Waals surface area contributed by atoms with Gasteiger partial charge in [0.1, 0.15) is 6.54 Å². The summed E-state index contributed by atoms with van der Waals surface area (Å²) in [6.07, 6.45) is 11.4. The van der Waals surface area contributed by atoms with Gasteiger partial charge in [0, 0.05) is 63.2 Å². The highest BCUT2D eigenvalue weighted by atomic mass is 35.5. The normalized spacial score (nSPS) is 19.7. The molecule has 0 unspecified atom stereocenters. The zero-order chi connectivity index (χ0) is 42.0. The summed E-state index contributed by atoms with van der Waals surface area (Å²) in [6, 6.07) is 10.1. The molecule has 0 atom stereocenters. The van der Waals surface area contributed by atoms with Crippen molar-refractivity contribution in [2.75, 3.05) is 29.5 Å². The Bertz CT molecular complexity index is 2380. The van der Waals surface area contributed by atoms with E-state index in [1.54, 1.807) is 6.07 Å². The first-order valence-electron chi connectivity index (χ1n) is 18.3. The number of allylic oxidation sites excluding steroid dienone is 8. The van der Waals surface area contributed by atoms with Crippen LogP contribution >= 0.6 is 23.6 Å². The van der Waals surface area contributed by atoms with E-state index in [4.69, 9.17) is 16.9 Å². The lowest BCUT2D eigenvalue weighted by molar-refractivity contribution is -0.438. The fourth-order valence-electron chi connectivity index (χ4n) is 7.73. The number of rotatable bonds is 17. The van der Waals surface area contributed by atoms with Crippen LogP contribution in [0.15, 0.2) is 92.4 Å². The van der Waals surface area contributed by atoms with Gasteiger partial charge in [-0.25, -0.2) is 13.7 Å². The summed E-state index contributed by atoms with van der Waals surface area (Å²) in [5, 5.41) is 13.0. The fraction of sp³-hybridized carbons (Fsp3) is 0.447. The summed E-state index contributed by atoms with van der Waals surface area (Å²) in [4.78, 5) is 2.44. The number of hydrogen-bond acceptors (Lipinski definition) is 12. The molecule has 312 valence electrons. The Morgan fingerprint density at radius 2 is 1.61 bits per heavy atom. The van der Waals surface area contributed by atoms with Crippen molar-refractivity contribution < 1.29 is 58.1 Å². The largest absolute Gasteiger partial charge is 0.748 e. The average molecular weight is 888 g/mol. The first-order chi connectivity index (χ1) is 26.5. The lowest BCUT2D eigenvalue weighted by Crippen LogP contribution is -2.28. The molecule has 0 bridgehead atoms. The van der Waals surface area contributed by atoms with Gasteiger partial charge >= 0.3 is 0 Å². The van der Waals surface area contributed by atoms with E-state index in [-0.39, 0.29) is 23.5 Å². The van der Waals surface area contributed by atoms with Gasteiger partial charge < -0.3 is 9.45 Å². The Morgan fingerprint density at radius 3 is 2.28 bits per heavy atom. The van der Waals surface area contributed by atoms with Crippen LogP contribution in [-0.2, 0) is 50.6 Å². The van der Waals surface area contributed by atoms with Crippen LogP contribution in [0.4, 0.5) is 11.4 Å². The highest BCUT2D eigenvalue weighted by Gasteiger charge is 2.45. The van der Waals surface area contributed by atoms with Crippen molar-refractivity contribution >= 4 is 71.1 Å². The summed E-state index contributed by atoms with van der Waals surface area (Å²) >= 11 is 7.97. The minimum Gasteiger partial charge on any atom is -0.748 e. The van der Waals surface area contributed by atoms with Gasteiger partial charge in [0.2, 0.25) is 5.69 Å². The summed E-state index contributed by atoms with van der Waals surface area (Å²) < 4.78 is 107. The summed E-state index contributed by atoms with van der Waals surface area (Å²) in [6.45, 7) is 8.84. The number of benzene rings is 2. The summed E-state index contributed by atoms with van der Waals surface area (Å²) in [7, 11) is -13.0. The van der Waals surface area contributed by atoms with Crippen LogP contribution in [0.2, 0.25) is 0 Å². The third kappa shape index (κ3) is 10.8. The van der Waals surface area contributed by atoms with Crippen molar-refractivity contribution in [2.24, 2.45) is 0 Å². The minimum absolute atomic E-state index is 0.205. The molecule has 3 aliphatic rings. The van der Waals surface area contributed by atoms with Crippen LogP contribution in [0.25, 0.3) is 0 Å². The number of halogens is 1. The molecule has 14 nitrogen and oxygen atoms in total. The van der Waals surface area contributed by atoms with Gasteiger partial charge in [-0.15, -0.1) is 4.33 Å². The summed E-state index contributed by atoms with van der Waals surface area (Å²) in [5.41, 5.74) is 5.54. The SMILES string of the molecule is CC1(C)C(/C=C/C2=C(Cl)C(=C/C=C3/N(CCCCS(=O)(=O)O)c4ccc(S(=O)(=O)O)cc4C3(C)C)/CCC2)=[N+](CCCCS(=O)(=O)[O-])c2ccc(SOOO)cc21. The molecule has 0 amide bonds. The minimum atomic E-state index is -4.48. The van der Waals surface area contributed by atoms with Crippen molar-refractivity contribution in [2.45, 2.75) is 93.3 Å². The standard InChI is InChI=1S/C38H47ClN2O12S4/c1-37(2)30-24-28(54-53-52-42)14-16-32(30)40(20-5-7-22-55(43,44)45)34(37)18-12-26-10-9-11-27(36(26)39)13-19-35-38(3,4)31-25-29(57(49,50)51)15-17-33(31)41(35)21-6-8-23-56(46,47)48/h12-19,24-25H,5-11,20-23H2,1-4H3,(H3-,42,43,44,45,46,47,48,49,50,51). The van der Waals surface area contributed by atoms with Gasteiger partial charge in [0.25, 0.3) is 20.2 Å². The van der Waals surface area contributed by atoms with Crippen LogP contribution in [-0.4, -0.2) is 79.1 Å². The molecule has 0 spiro atoms. The second-order valence-electron chi connectivity index (χ2n) is 15.2. The van der Waals surface area contributed by atoms with Crippen LogP contribution < -0.4 is 4.90 Å². The topological polar surface area (TPSA) is 211 Å². The van der Waals surface area contributed by atoms with Crippen LogP contribution in [0.3, 0.4) is 0 Å². The van der Waals surface area contributed by atoms with Gasteiger partial charge in [0.15, 0.2) is 5.71 Å². The lowest BCUT2D eigenvalue weighted by atomic mass is 9.81. The van der Waals surface area contributed by atoms with Crippen molar-refractivity contribution in [3.05, 3.63) is 93.7 Å². The van der Waals surface area contributed by atoms with Crippen molar-refractivity contribution in [1.82, 2.24) is 0 Å². The predicted molar refractivity (Wildman–Crippen MR) is 218 cm³/mol. The Balaban J connectivity index is 1.50. The van der Waals surface area contributed by atoms with E-state index in [9.17, 15) is 38.9 Å². The van der Waals surface area contributed by atoms with E-state index in [0.29, 0.717) is 60.0 Å². The van der Waals surface area contributed by atoms with E-state index in [0.717, 1.165) is 52.3 Å². The number of unbranched alkanes of at least 4 members (excludes halogenated alkanes) is 2. The number of hydrogen-bond donors (Lipinski definition) is 3. The second kappa shape index (κ2) is 17.8. The van der Waals surface area contributed by atoms with E-state index < -0.39 is 46.9 Å². The maximum atomic E-state index is 12.1. The quantitative estimate of drug-likeness (QED) is 0.0349. The number of nitrogens with zero attached hydrogens (tertiary/aromatic N) is 2. The molecule has 2 heterocycles. The molecule has 1 aliphatic carbocycles. The van der Waals surface area contributed by atoms with E-state index >= 15 is 0 Å². The van der Waals surface area contributed by atoms with Crippen molar-refractivity contribution in [3.8, 4) is 0 Å². The van der Waals surface area contributed by atoms with Crippen LogP contribution in [0.1, 0.15) is 83.8 Å². The van der Waals surface area contributed by atoms with Gasteiger partial charge in [0.05, 0.1) is 38.2 Å². The van der Waals surface area contributed by atoms with Crippen LogP contribution in [0, 0.1) is 0 Å². The highest BCUT2D eigenvalue weighted by Crippen LogP contribution is 2.49. The molecular formula is C38H47ClN2O12S4. The molecule has 0 radical (unpaired) electrons. The third-order valence-corrected chi connectivity index (χ3v) is 14.1. The monoisotopic (exact) mass is 886 g/mol. The molecule has 19 heteroatoms. The Hall–Kier alpha value is -2.88. The second-order valence-corrected chi connectivity index (χ2v) is 20.9. The van der Waals surface area contributed by atoms with Crippen molar-refractivity contribution in [3.63, 3.8) is 0 Å². The van der Waals surface area contributed by atoms with Gasteiger partial charge in [-0.2, -0.15) is 21.4 Å². The van der Waals surface area contributed by atoms with Gasteiger partial charge in [-0.3, -0.25) is 9.11 Å². The van der Waals surface area contributed by atoms with Crippen LogP contribution in [0.5, 0.6) is 0 Å². The molecule has 0 fully saturated rings. The Kier molecular flexibility index (Phi) is 14.1. The van der Waals surface area contributed by atoms with Gasteiger partial charge in [-0.1, -0.05) is 42.6 Å². The van der Waals surface area contributed by atoms with E-state index in [1.807, 2.05) is 61.3 Å². The molecule has 0 aromatic heterocycles. The number of anilines is 1. The molecular weight excluding hydrogens is 840 g/mol. The molecule has 57 heavy (non-hydrogen) atoms. The molecule has 3 N–H and O–H groups in total. The molecule has 0 saturated carbocycles. The van der Waals surface area contributed by atoms with E-state index in [2.05, 4.69) is 27.8 Å². The van der Waals surface area contributed by atoms with E-state index in [1.165, 1.54) is 12.1 Å².